The van der Waals surface area contributed by atoms with Crippen LogP contribution in [0.4, 0.5) is 5.69 Å². The van der Waals surface area contributed by atoms with Gasteiger partial charge in [0.05, 0.1) is 13.2 Å². The molecule has 0 atom stereocenters. The third kappa shape index (κ3) is 2.57. The molecule has 1 aliphatic heterocycles. The average Bonchev–Trinajstić information content (AvgIpc) is 2.39. The van der Waals surface area contributed by atoms with E-state index in [1.54, 1.807) is 6.07 Å². The highest BCUT2D eigenvalue weighted by molar-refractivity contribution is 5.95. The fourth-order valence-corrected chi connectivity index (χ4v) is 1.98. The molecule has 5 heteroatoms. The Balaban J connectivity index is 2.28. The van der Waals surface area contributed by atoms with Gasteiger partial charge in [-0.15, -0.1) is 0 Å². The number of rotatable bonds is 2. The second-order valence-corrected chi connectivity index (χ2v) is 4.07. The molecule has 2 rings (SSSR count). The van der Waals surface area contributed by atoms with E-state index in [9.17, 15) is 4.79 Å². The van der Waals surface area contributed by atoms with E-state index in [1.165, 1.54) is 0 Å². The summed E-state index contributed by atoms with van der Waals surface area (Å²) in [6, 6.07) is 5.60. The number of hydrogen-bond donors (Lipinski definition) is 2. The number of carbonyl (C=O) groups is 1. The molecule has 1 saturated heterocycles. The van der Waals surface area contributed by atoms with Gasteiger partial charge < -0.3 is 9.64 Å². The molecular weight excluding hydrogens is 218 g/mol. The summed E-state index contributed by atoms with van der Waals surface area (Å²) < 4.78 is 5.32. The van der Waals surface area contributed by atoms with Crippen molar-refractivity contribution in [1.29, 1.82) is 0 Å². The highest BCUT2D eigenvalue weighted by atomic mass is 16.5. The van der Waals surface area contributed by atoms with Crippen molar-refractivity contribution in [2.75, 3.05) is 31.2 Å². The van der Waals surface area contributed by atoms with Crippen LogP contribution >= 0.6 is 0 Å². The standard InChI is InChI=1S/C12H17N3O2/c1-9-2-3-10(12(16)14-13)8-11(9)15-4-6-17-7-5-15/h2-3,8H,4-7,13H2,1H3,(H,14,16). The second kappa shape index (κ2) is 5.16. The van der Waals surface area contributed by atoms with E-state index in [4.69, 9.17) is 10.6 Å². The highest BCUT2D eigenvalue weighted by Gasteiger charge is 2.15. The molecule has 0 bridgehead atoms. The van der Waals surface area contributed by atoms with Crippen molar-refractivity contribution in [1.82, 2.24) is 5.43 Å². The molecule has 0 saturated carbocycles. The van der Waals surface area contributed by atoms with Crippen LogP contribution in [0, 0.1) is 6.92 Å². The molecule has 1 heterocycles. The largest absolute Gasteiger partial charge is 0.378 e. The minimum Gasteiger partial charge on any atom is -0.378 e. The van der Waals surface area contributed by atoms with Gasteiger partial charge in [0, 0.05) is 24.3 Å². The number of morpholine rings is 1. The first-order valence-corrected chi connectivity index (χ1v) is 5.66. The van der Waals surface area contributed by atoms with E-state index < -0.39 is 0 Å². The van der Waals surface area contributed by atoms with Crippen LogP contribution < -0.4 is 16.2 Å². The van der Waals surface area contributed by atoms with E-state index in [0.29, 0.717) is 5.56 Å². The van der Waals surface area contributed by atoms with Gasteiger partial charge in [-0.25, -0.2) is 5.84 Å². The number of nitrogens with zero attached hydrogens (tertiary/aromatic N) is 1. The second-order valence-electron chi connectivity index (χ2n) is 4.07. The first-order chi connectivity index (χ1) is 8.22. The SMILES string of the molecule is Cc1ccc(C(=O)NN)cc1N1CCOCC1. The maximum atomic E-state index is 11.5. The minimum atomic E-state index is -0.264. The number of benzene rings is 1. The number of hydrazine groups is 1. The van der Waals surface area contributed by atoms with Gasteiger partial charge in [0.1, 0.15) is 0 Å². The van der Waals surface area contributed by atoms with Crippen LogP contribution in [0.25, 0.3) is 0 Å². The quantitative estimate of drug-likeness (QED) is 0.443. The molecule has 1 aromatic carbocycles. The molecule has 1 aliphatic rings. The van der Waals surface area contributed by atoms with Crippen molar-refractivity contribution in [3.63, 3.8) is 0 Å². The molecule has 0 aromatic heterocycles. The molecule has 0 unspecified atom stereocenters. The fourth-order valence-electron chi connectivity index (χ4n) is 1.98. The number of amides is 1. The molecular formula is C12H17N3O2. The third-order valence-electron chi connectivity index (χ3n) is 2.95. The molecule has 1 fully saturated rings. The summed E-state index contributed by atoms with van der Waals surface area (Å²) in [7, 11) is 0. The topological polar surface area (TPSA) is 67.6 Å². The van der Waals surface area contributed by atoms with Crippen molar-refractivity contribution < 1.29 is 9.53 Å². The van der Waals surface area contributed by atoms with E-state index in [1.807, 2.05) is 19.1 Å². The van der Waals surface area contributed by atoms with E-state index in [2.05, 4.69) is 10.3 Å². The van der Waals surface area contributed by atoms with Gasteiger partial charge in [0.25, 0.3) is 5.91 Å². The summed E-state index contributed by atoms with van der Waals surface area (Å²) in [5, 5.41) is 0. The lowest BCUT2D eigenvalue weighted by molar-refractivity contribution is 0.0953. The van der Waals surface area contributed by atoms with Crippen LogP contribution in [-0.2, 0) is 4.74 Å². The Morgan fingerprint density at radius 1 is 1.41 bits per heavy atom. The third-order valence-corrected chi connectivity index (χ3v) is 2.95. The molecule has 0 aliphatic carbocycles. The predicted octanol–water partition coefficient (Wildman–Crippen LogP) is 0.435. The Morgan fingerprint density at radius 3 is 2.76 bits per heavy atom. The Bertz CT molecular complexity index is 414. The van der Waals surface area contributed by atoms with Gasteiger partial charge in [-0.2, -0.15) is 0 Å². The monoisotopic (exact) mass is 235 g/mol. The first kappa shape index (κ1) is 11.9. The number of hydrogen-bond acceptors (Lipinski definition) is 4. The number of anilines is 1. The number of ether oxygens (including phenoxy) is 1. The minimum absolute atomic E-state index is 0.264. The van der Waals surface area contributed by atoms with Crippen molar-refractivity contribution in [2.24, 2.45) is 5.84 Å². The van der Waals surface area contributed by atoms with Gasteiger partial charge in [0.15, 0.2) is 0 Å². The van der Waals surface area contributed by atoms with E-state index >= 15 is 0 Å². The molecule has 5 nitrogen and oxygen atoms in total. The van der Waals surface area contributed by atoms with Crippen LogP contribution in [0.3, 0.4) is 0 Å². The van der Waals surface area contributed by atoms with Crippen molar-refractivity contribution in [3.8, 4) is 0 Å². The summed E-state index contributed by atoms with van der Waals surface area (Å²) in [4.78, 5) is 13.7. The normalized spacial score (nSPS) is 15.8. The summed E-state index contributed by atoms with van der Waals surface area (Å²) in [6.07, 6.45) is 0. The van der Waals surface area contributed by atoms with Crippen molar-refractivity contribution in [3.05, 3.63) is 29.3 Å². The van der Waals surface area contributed by atoms with Crippen LogP contribution in [0.1, 0.15) is 15.9 Å². The Kier molecular flexibility index (Phi) is 3.61. The lowest BCUT2D eigenvalue weighted by Gasteiger charge is -2.30. The summed E-state index contributed by atoms with van der Waals surface area (Å²) in [5.41, 5.74) is 4.96. The molecule has 1 amide bonds. The molecule has 17 heavy (non-hydrogen) atoms. The maximum absolute atomic E-state index is 11.5. The number of aryl methyl sites for hydroxylation is 1. The van der Waals surface area contributed by atoms with Crippen LogP contribution in [0.15, 0.2) is 18.2 Å². The van der Waals surface area contributed by atoms with E-state index in [-0.39, 0.29) is 5.91 Å². The number of nitrogens with one attached hydrogen (secondary N) is 1. The number of nitrogen functional groups attached to an aromatic ring is 1. The van der Waals surface area contributed by atoms with Crippen LogP contribution in [0.5, 0.6) is 0 Å². The fraction of sp³-hybridized carbons (Fsp3) is 0.417. The Labute approximate surface area is 101 Å². The summed E-state index contributed by atoms with van der Waals surface area (Å²) in [6.45, 7) is 5.21. The van der Waals surface area contributed by atoms with E-state index in [0.717, 1.165) is 37.6 Å². The number of nitrogens with two attached hydrogens (primary N) is 1. The Morgan fingerprint density at radius 2 is 2.12 bits per heavy atom. The summed E-state index contributed by atoms with van der Waals surface area (Å²) in [5.74, 6) is 4.87. The molecule has 0 radical (unpaired) electrons. The average molecular weight is 235 g/mol. The zero-order chi connectivity index (χ0) is 12.3. The Hall–Kier alpha value is -1.59. The molecule has 1 aromatic rings. The van der Waals surface area contributed by atoms with Crippen molar-refractivity contribution in [2.45, 2.75) is 6.92 Å². The van der Waals surface area contributed by atoms with Gasteiger partial charge >= 0.3 is 0 Å². The smallest absolute Gasteiger partial charge is 0.265 e. The van der Waals surface area contributed by atoms with Crippen LogP contribution in [0.2, 0.25) is 0 Å². The molecule has 3 N–H and O–H groups in total. The first-order valence-electron chi connectivity index (χ1n) is 5.66. The van der Waals surface area contributed by atoms with Gasteiger partial charge in [-0.3, -0.25) is 10.2 Å². The van der Waals surface area contributed by atoms with Crippen LogP contribution in [-0.4, -0.2) is 32.2 Å². The zero-order valence-corrected chi connectivity index (χ0v) is 9.90. The highest BCUT2D eigenvalue weighted by Crippen LogP contribution is 2.22. The van der Waals surface area contributed by atoms with Gasteiger partial charge in [0.2, 0.25) is 0 Å². The van der Waals surface area contributed by atoms with Gasteiger partial charge in [-0.05, 0) is 24.6 Å². The summed E-state index contributed by atoms with van der Waals surface area (Å²) >= 11 is 0. The van der Waals surface area contributed by atoms with Crippen molar-refractivity contribution >= 4 is 11.6 Å². The molecule has 92 valence electrons. The predicted molar refractivity (Wildman–Crippen MR) is 65.9 cm³/mol. The zero-order valence-electron chi connectivity index (χ0n) is 9.90. The lowest BCUT2D eigenvalue weighted by atomic mass is 10.1. The lowest BCUT2D eigenvalue weighted by Crippen LogP contribution is -2.37. The van der Waals surface area contributed by atoms with Gasteiger partial charge in [-0.1, -0.05) is 6.07 Å². The maximum Gasteiger partial charge on any atom is 0.265 e. The number of carbonyl (C=O) groups excluding carboxylic acids is 1. The molecule has 0 spiro atoms.